The predicted octanol–water partition coefficient (Wildman–Crippen LogP) is 2.05. The number of rotatable bonds is 3. The van der Waals surface area contributed by atoms with Crippen LogP contribution in [0.2, 0.25) is 0 Å². The van der Waals surface area contributed by atoms with Crippen molar-refractivity contribution in [3.05, 3.63) is 48.1 Å². The van der Waals surface area contributed by atoms with Crippen molar-refractivity contribution in [1.82, 2.24) is 0 Å². The average molecular weight is 184 g/mol. The van der Waals surface area contributed by atoms with Crippen LogP contribution in [0.15, 0.2) is 30.9 Å². The summed E-state index contributed by atoms with van der Waals surface area (Å²) in [6.45, 7) is 3.38. The summed E-state index contributed by atoms with van der Waals surface area (Å²) in [5, 5.41) is 9.14. The number of hydrogen-bond acceptors (Lipinski definition) is 1. The highest BCUT2D eigenvalue weighted by molar-refractivity contribution is 5.19. The van der Waals surface area contributed by atoms with Crippen molar-refractivity contribution in [2.75, 3.05) is 0 Å². The zero-order valence-electron chi connectivity index (χ0n) is 7.00. The molecule has 70 valence electrons. The van der Waals surface area contributed by atoms with Crippen molar-refractivity contribution in [3.63, 3.8) is 0 Å². The molecule has 0 saturated carbocycles. The molecule has 0 aliphatic carbocycles. The quantitative estimate of drug-likeness (QED) is 0.713. The van der Waals surface area contributed by atoms with Crippen LogP contribution < -0.4 is 0 Å². The summed E-state index contributed by atoms with van der Waals surface area (Å²) in [5.74, 6) is -1.77. The lowest BCUT2D eigenvalue weighted by molar-refractivity contribution is 0.224. The maximum Gasteiger partial charge on any atom is 0.159 e. The van der Waals surface area contributed by atoms with Gasteiger partial charge in [0.1, 0.15) is 0 Å². The van der Waals surface area contributed by atoms with Crippen LogP contribution in [0.5, 0.6) is 0 Å². The van der Waals surface area contributed by atoms with Crippen molar-refractivity contribution in [3.8, 4) is 0 Å². The smallest absolute Gasteiger partial charge is 0.159 e. The summed E-state index contributed by atoms with van der Waals surface area (Å²) in [5.41, 5.74) is 0.548. The molecule has 0 aliphatic rings. The Balaban J connectivity index is 2.79. The molecule has 1 N–H and O–H groups in total. The van der Waals surface area contributed by atoms with Gasteiger partial charge < -0.3 is 5.11 Å². The molecule has 1 nitrogen and oxygen atoms in total. The van der Waals surface area contributed by atoms with Crippen LogP contribution in [0.4, 0.5) is 8.78 Å². The molecule has 0 heterocycles. The number of halogens is 2. The molecule has 0 fully saturated rings. The second-order valence-electron chi connectivity index (χ2n) is 2.76. The normalized spacial score (nSPS) is 12.5. The van der Waals surface area contributed by atoms with Gasteiger partial charge in [-0.15, -0.1) is 6.58 Å². The molecule has 0 bridgehead atoms. The van der Waals surface area contributed by atoms with Gasteiger partial charge in [0.05, 0.1) is 6.10 Å². The van der Waals surface area contributed by atoms with E-state index in [0.717, 1.165) is 12.1 Å². The minimum absolute atomic E-state index is 0.251. The van der Waals surface area contributed by atoms with Gasteiger partial charge in [-0.2, -0.15) is 0 Å². The van der Waals surface area contributed by atoms with Crippen molar-refractivity contribution >= 4 is 0 Å². The number of hydrogen-bond donors (Lipinski definition) is 1. The maximum absolute atomic E-state index is 12.7. The number of aliphatic hydroxyl groups is 1. The molecule has 0 spiro atoms. The SMILES string of the molecule is C=CC(O)Cc1ccc(F)c(F)c1. The Labute approximate surface area is 75.3 Å². The van der Waals surface area contributed by atoms with Gasteiger partial charge in [-0.3, -0.25) is 0 Å². The molecule has 0 aliphatic heterocycles. The largest absolute Gasteiger partial charge is 0.389 e. The van der Waals surface area contributed by atoms with Gasteiger partial charge in [0.25, 0.3) is 0 Å². The van der Waals surface area contributed by atoms with Gasteiger partial charge in [0.15, 0.2) is 11.6 Å². The molecule has 1 rings (SSSR count). The maximum atomic E-state index is 12.7. The monoisotopic (exact) mass is 184 g/mol. The van der Waals surface area contributed by atoms with Crippen LogP contribution in [0.1, 0.15) is 5.56 Å². The number of benzene rings is 1. The molecule has 0 amide bonds. The van der Waals surface area contributed by atoms with E-state index in [4.69, 9.17) is 5.11 Å². The lowest BCUT2D eigenvalue weighted by Gasteiger charge is -2.04. The molecule has 1 unspecified atom stereocenters. The van der Waals surface area contributed by atoms with Crippen LogP contribution in [0, 0.1) is 11.6 Å². The first-order chi connectivity index (χ1) is 6.13. The topological polar surface area (TPSA) is 20.2 Å². The highest BCUT2D eigenvalue weighted by Gasteiger charge is 2.05. The molecule has 0 radical (unpaired) electrons. The first-order valence-corrected chi connectivity index (χ1v) is 3.88. The zero-order valence-corrected chi connectivity index (χ0v) is 7.00. The molecule has 1 aromatic rings. The molecule has 13 heavy (non-hydrogen) atoms. The third kappa shape index (κ3) is 2.63. The standard InChI is InChI=1S/C10H10F2O/c1-2-8(13)5-7-3-4-9(11)10(12)6-7/h2-4,6,8,13H,1,5H2. The van der Waals surface area contributed by atoms with Crippen LogP contribution in [-0.2, 0) is 6.42 Å². The molecule has 1 atom stereocenters. The van der Waals surface area contributed by atoms with E-state index >= 15 is 0 Å². The highest BCUT2D eigenvalue weighted by atomic mass is 19.2. The minimum Gasteiger partial charge on any atom is -0.389 e. The van der Waals surface area contributed by atoms with E-state index in [1.165, 1.54) is 12.1 Å². The Morgan fingerprint density at radius 1 is 1.38 bits per heavy atom. The third-order valence-electron chi connectivity index (χ3n) is 1.70. The Morgan fingerprint density at radius 2 is 2.08 bits per heavy atom. The van der Waals surface area contributed by atoms with Crippen molar-refractivity contribution in [2.24, 2.45) is 0 Å². The Morgan fingerprint density at radius 3 is 2.62 bits per heavy atom. The molecule has 1 aromatic carbocycles. The van der Waals surface area contributed by atoms with Crippen molar-refractivity contribution in [2.45, 2.75) is 12.5 Å². The number of aliphatic hydroxyl groups excluding tert-OH is 1. The Bertz CT molecular complexity index is 310. The second kappa shape index (κ2) is 4.14. The fraction of sp³-hybridized carbons (Fsp3) is 0.200. The van der Waals surface area contributed by atoms with E-state index in [0.29, 0.717) is 5.56 Å². The van der Waals surface area contributed by atoms with Gasteiger partial charge in [-0.05, 0) is 17.7 Å². The van der Waals surface area contributed by atoms with Gasteiger partial charge in [0, 0.05) is 6.42 Å². The van der Waals surface area contributed by atoms with Crippen molar-refractivity contribution in [1.29, 1.82) is 0 Å². The van der Waals surface area contributed by atoms with Gasteiger partial charge in [-0.25, -0.2) is 8.78 Å². The highest BCUT2D eigenvalue weighted by Crippen LogP contribution is 2.10. The van der Waals surface area contributed by atoms with E-state index < -0.39 is 17.7 Å². The fourth-order valence-electron chi connectivity index (χ4n) is 0.991. The average Bonchev–Trinajstić information content (AvgIpc) is 2.11. The Kier molecular flexibility index (Phi) is 3.14. The van der Waals surface area contributed by atoms with Crippen molar-refractivity contribution < 1.29 is 13.9 Å². The van der Waals surface area contributed by atoms with Crippen LogP contribution in [0.25, 0.3) is 0 Å². The summed E-state index contributed by atoms with van der Waals surface area (Å²) in [7, 11) is 0. The lowest BCUT2D eigenvalue weighted by atomic mass is 10.1. The van der Waals surface area contributed by atoms with Crippen LogP contribution in [-0.4, -0.2) is 11.2 Å². The third-order valence-corrected chi connectivity index (χ3v) is 1.70. The summed E-state index contributed by atoms with van der Waals surface area (Å²) in [6.07, 6.45) is 0.881. The predicted molar refractivity (Wildman–Crippen MR) is 46.3 cm³/mol. The van der Waals surface area contributed by atoms with E-state index in [2.05, 4.69) is 6.58 Å². The summed E-state index contributed by atoms with van der Waals surface area (Å²) in [4.78, 5) is 0. The summed E-state index contributed by atoms with van der Waals surface area (Å²) in [6, 6.07) is 3.55. The van der Waals surface area contributed by atoms with E-state index in [1.54, 1.807) is 0 Å². The lowest BCUT2D eigenvalue weighted by Crippen LogP contribution is -2.06. The summed E-state index contributed by atoms with van der Waals surface area (Å²) < 4.78 is 25.1. The first kappa shape index (κ1) is 9.86. The Hall–Kier alpha value is -1.22. The molecule has 0 saturated heterocycles. The van der Waals surface area contributed by atoms with Crippen LogP contribution in [0.3, 0.4) is 0 Å². The second-order valence-corrected chi connectivity index (χ2v) is 2.76. The molecule has 3 heteroatoms. The van der Waals surface area contributed by atoms with E-state index in [1.807, 2.05) is 0 Å². The molecular weight excluding hydrogens is 174 g/mol. The fourth-order valence-corrected chi connectivity index (χ4v) is 0.991. The molecular formula is C10H10F2O. The van der Waals surface area contributed by atoms with Gasteiger partial charge >= 0.3 is 0 Å². The summed E-state index contributed by atoms with van der Waals surface area (Å²) >= 11 is 0. The van der Waals surface area contributed by atoms with E-state index in [-0.39, 0.29) is 6.42 Å². The van der Waals surface area contributed by atoms with Gasteiger partial charge in [0.2, 0.25) is 0 Å². The minimum atomic E-state index is -0.895. The molecule has 0 aromatic heterocycles. The zero-order chi connectivity index (χ0) is 9.84. The van der Waals surface area contributed by atoms with Crippen LogP contribution >= 0.6 is 0 Å². The van der Waals surface area contributed by atoms with Gasteiger partial charge in [-0.1, -0.05) is 12.1 Å². The first-order valence-electron chi connectivity index (χ1n) is 3.88. The van der Waals surface area contributed by atoms with E-state index in [9.17, 15) is 8.78 Å².